The zero-order valence-electron chi connectivity index (χ0n) is 13.8. The number of hydrogen-bond donors (Lipinski definition) is 1. The molecule has 0 spiro atoms. The topological polar surface area (TPSA) is 93.3 Å². The van der Waals surface area contributed by atoms with Gasteiger partial charge in [-0.1, -0.05) is 11.8 Å². The van der Waals surface area contributed by atoms with Crippen molar-refractivity contribution in [3.63, 3.8) is 0 Å². The molecule has 1 unspecified atom stereocenters. The fraction of sp³-hybridized carbons (Fsp3) is 0.500. The van der Waals surface area contributed by atoms with E-state index in [1.54, 1.807) is 13.2 Å². The summed E-state index contributed by atoms with van der Waals surface area (Å²) >= 11 is 1.33. The summed E-state index contributed by atoms with van der Waals surface area (Å²) in [5.74, 6) is 1.99. The molecule has 2 aromatic heterocycles. The Kier molecular flexibility index (Phi) is 4.24. The third-order valence-electron chi connectivity index (χ3n) is 4.33. The predicted molar refractivity (Wildman–Crippen MR) is 90.2 cm³/mol. The molecule has 132 valence electrons. The van der Waals surface area contributed by atoms with E-state index in [2.05, 4.69) is 15.5 Å². The molecule has 0 aromatic carbocycles. The van der Waals surface area contributed by atoms with Gasteiger partial charge in [0.05, 0.1) is 18.1 Å². The molecule has 9 heteroatoms. The van der Waals surface area contributed by atoms with Crippen LogP contribution in [0.3, 0.4) is 0 Å². The molecular weight excluding hydrogens is 342 g/mol. The molecule has 0 bridgehead atoms. The zero-order valence-corrected chi connectivity index (χ0v) is 14.7. The minimum Gasteiger partial charge on any atom is -0.467 e. The predicted octanol–water partition coefficient (Wildman–Crippen LogP) is 1.83. The van der Waals surface area contributed by atoms with Crippen molar-refractivity contribution in [3.8, 4) is 0 Å². The summed E-state index contributed by atoms with van der Waals surface area (Å²) in [6, 6.07) is 3.43. The largest absolute Gasteiger partial charge is 0.467 e. The number of imide groups is 1. The minimum atomic E-state index is -0.421. The van der Waals surface area contributed by atoms with Gasteiger partial charge >= 0.3 is 6.03 Å². The van der Waals surface area contributed by atoms with E-state index in [4.69, 9.17) is 4.42 Å². The second-order valence-electron chi connectivity index (χ2n) is 6.26. The third kappa shape index (κ3) is 3.28. The van der Waals surface area contributed by atoms with Crippen LogP contribution < -0.4 is 5.32 Å². The van der Waals surface area contributed by atoms with Gasteiger partial charge in [-0.2, -0.15) is 0 Å². The van der Waals surface area contributed by atoms with Crippen LogP contribution in [-0.2, 0) is 11.3 Å². The minimum absolute atomic E-state index is 0.208. The molecule has 0 radical (unpaired) electrons. The first-order valence-electron chi connectivity index (χ1n) is 8.35. The average Bonchev–Trinajstić information content (AvgIpc) is 2.97. The molecule has 3 heterocycles. The van der Waals surface area contributed by atoms with Crippen molar-refractivity contribution in [2.75, 3.05) is 13.1 Å². The first-order chi connectivity index (χ1) is 12.1. The number of aromatic nitrogens is 3. The number of carbonyl (C=O) groups is 2. The normalized spacial score (nSPS) is 18.4. The highest BCUT2D eigenvalue weighted by Crippen LogP contribution is 2.40. The second-order valence-corrected chi connectivity index (χ2v) is 7.57. The number of nitrogens with one attached hydrogen (secondary N) is 1. The van der Waals surface area contributed by atoms with Gasteiger partial charge < -0.3 is 9.73 Å². The lowest BCUT2D eigenvalue weighted by molar-refractivity contribution is -0.126. The molecule has 2 aromatic rings. The van der Waals surface area contributed by atoms with Gasteiger partial charge in [0.1, 0.15) is 11.6 Å². The summed E-state index contributed by atoms with van der Waals surface area (Å²) < 4.78 is 7.47. The summed E-state index contributed by atoms with van der Waals surface area (Å²) in [6.07, 6.45) is 3.87. The molecule has 3 amide bonds. The molecule has 2 aliphatic rings. The lowest BCUT2D eigenvalue weighted by Gasteiger charge is -2.17. The quantitative estimate of drug-likeness (QED) is 0.789. The number of rotatable bonds is 6. The number of urea groups is 1. The van der Waals surface area contributed by atoms with Crippen LogP contribution in [0.2, 0.25) is 0 Å². The molecular formula is C16H19N5O3S. The van der Waals surface area contributed by atoms with Gasteiger partial charge in [-0.3, -0.25) is 14.3 Å². The van der Waals surface area contributed by atoms with Crippen LogP contribution in [0.5, 0.6) is 0 Å². The van der Waals surface area contributed by atoms with Crippen molar-refractivity contribution in [1.82, 2.24) is 25.0 Å². The van der Waals surface area contributed by atoms with E-state index in [1.165, 1.54) is 16.7 Å². The van der Waals surface area contributed by atoms with Crippen LogP contribution in [0, 0.1) is 0 Å². The van der Waals surface area contributed by atoms with Crippen molar-refractivity contribution >= 4 is 23.7 Å². The van der Waals surface area contributed by atoms with Crippen molar-refractivity contribution < 1.29 is 14.0 Å². The highest BCUT2D eigenvalue weighted by molar-refractivity contribution is 8.00. The molecule has 2 fully saturated rings. The Balaban J connectivity index is 1.53. The maximum atomic E-state index is 12.5. The Hall–Kier alpha value is -2.29. The molecule has 1 saturated heterocycles. The van der Waals surface area contributed by atoms with E-state index in [0.717, 1.165) is 24.4 Å². The Bertz CT molecular complexity index is 784. The second kappa shape index (κ2) is 6.55. The fourth-order valence-corrected chi connectivity index (χ4v) is 3.77. The van der Waals surface area contributed by atoms with Crippen LogP contribution >= 0.6 is 11.8 Å². The summed E-state index contributed by atoms with van der Waals surface area (Å²) in [4.78, 5) is 25.5. The van der Waals surface area contributed by atoms with E-state index >= 15 is 0 Å². The number of nitrogens with zero attached hydrogens (tertiary/aromatic N) is 4. The standard InChI is InChI=1S/C16H19N5O3S/c1-10(14(22)20-7-6-17-15(20)23)25-16-19-18-13(11-4-5-11)21(16)9-12-3-2-8-24-12/h2-3,8,10-11H,4-7,9H2,1H3,(H,17,23). The van der Waals surface area contributed by atoms with E-state index in [9.17, 15) is 9.59 Å². The first-order valence-corrected chi connectivity index (χ1v) is 9.23. The lowest BCUT2D eigenvalue weighted by Crippen LogP contribution is -2.39. The first kappa shape index (κ1) is 16.2. The highest BCUT2D eigenvalue weighted by atomic mass is 32.2. The Morgan fingerprint density at radius 3 is 2.96 bits per heavy atom. The molecule has 25 heavy (non-hydrogen) atoms. The summed E-state index contributed by atoms with van der Waals surface area (Å²) in [7, 11) is 0. The number of thioether (sulfide) groups is 1. The molecule has 4 rings (SSSR count). The lowest BCUT2D eigenvalue weighted by atomic mass is 10.3. The van der Waals surface area contributed by atoms with Crippen LogP contribution in [0.4, 0.5) is 4.79 Å². The van der Waals surface area contributed by atoms with Crippen molar-refractivity contribution in [2.24, 2.45) is 0 Å². The number of carbonyl (C=O) groups excluding carboxylic acids is 2. The van der Waals surface area contributed by atoms with Gasteiger partial charge in [0.2, 0.25) is 5.91 Å². The highest BCUT2D eigenvalue weighted by Gasteiger charge is 2.34. The molecule has 1 saturated carbocycles. The monoisotopic (exact) mass is 361 g/mol. The van der Waals surface area contributed by atoms with Crippen molar-refractivity contribution in [2.45, 2.75) is 42.6 Å². The molecule has 1 aliphatic heterocycles. The van der Waals surface area contributed by atoms with Crippen LogP contribution in [0.25, 0.3) is 0 Å². The van der Waals surface area contributed by atoms with Crippen LogP contribution in [0.15, 0.2) is 28.0 Å². The Labute approximate surface area is 149 Å². The average molecular weight is 361 g/mol. The van der Waals surface area contributed by atoms with Gasteiger partial charge in [-0.05, 0) is 31.9 Å². The maximum absolute atomic E-state index is 12.5. The smallest absolute Gasteiger partial charge is 0.324 e. The SMILES string of the molecule is CC(Sc1nnc(C2CC2)n1Cc1ccco1)C(=O)N1CCNC1=O. The zero-order chi connectivity index (χ0) is 17.4. The van der Waals surface area contributed by atoms with Gasteiger partial charge in [0.25, 0.3) is 0 Å². The molecule has 1 N–H and O–H groups in total. The van der Waals surface area contributed by atoms with Gasteiger partial charge in [0, 0.05) is 19.0 Å². The molecule has 1 atom stereocenters. The van der Waals surface area contributed by atoms with Gasteiger partial charge in [0.15, 0.2) is 5.16 Å². The summed E-state index contributed by atoms with van der Waals surface area (Å²) in [5, 5.41) is 11.5. The van der Waals surface area contributed by atoms with E-state index in [-0.39, 0.29) is 11.9 Å². The van der Waals surface area contributed by atoms with Crippen LogP contribution in [0.1, 0.15) is 37.3 Å². The third-order valence-corrected chi connectivity index (χ3v) is 5.40. The molecule has 8 nitrogen and oxygen atoms in total. The van der Waals surface area contributed by atoms with Gasteiger partial charge in [-0.15, -0.1) is 10.2 Å². The summed E-state index contributed by atoms with van der Waals surface area (Å²) in [6.45, 7) is 3.25. The number of amides is 3. The number of furan rings is 1. The van der Waals surface area contributed by atoms with E-state index in [0.29, 0.717) is 30.7 Å². The maximum Gasteiger partial charge on any atom is 0.324 e. The van der Waals surface area contributed by atoms with Crippen molar-refractivity contribution in [1.29, 1.82) is 0 Å². The molecule has 1 aliphatic carbocycles. The van der Waals surface area contributed by atoms with E-state index < -0.39 is 5.25 Å². The van der Waals surface area contributed by atoms with Crippen molar-refractivity contribution in [3.05, 3.63) is 30.0 Å². The summed E-state index contributed by atoms with van der Waals surface area (Å²) in [5.41, 5.74) is 0. The Morgan fingerprint density at radius 1 is 1.48 bits per heavy atom. The Morgan fingerprint density at radius 2 is 2.32 bits per heavy atom. The van der Waals surface area contributed by atoms with E-state index in [1.807, 2.05) is 16.7 Å². The van der Waals surface area contributed by atoms with Gasteiger partial charge in [-0.25, -0.2) is 4.79 Å². The van der Waals surface area contributed by atoms with Crippen LogP contribution in [-0.4, -0.2) is 49.9 Å². The number of hydrogen-bond acceptors (Lipinski definition) is 6. The fourth-order valence-electron chi connectivity index (χ4n) is 2.85.